The molecule has 1 aromatic rings. The highest BCUT2D eigenvalue weighted by atomic mass is 35.5. The van der Waals surface area contributed by atoms with Crippen LogP contribution in [0.1, 0.15) is 32.3 Å². The van der Waals surface area contributed by atoms with Gasteiger partial charge in [0.25, 0.3) is 0 Å². The lowest BCUT2D eigenvalue weighted by atomic mass is 10.2. The minimum absolute atomic E-state index is 0.760. The Morgan fingerprint density at radius 3 is 2.81 bits per heavy atom. The normalized spacial score (nSPS) is 10.4. The van der Waals surface area contributed by atoms with Crippen LogP contribution in [-0.2, 0) is 6.54 Å². The molecule has 1 N–H and O–H groups in total. The van der Waals surface area contributed by atoms with Gasteiger partial charge in [-0.2, -0.15) is 0 Å². The van der Waals surface area contributed by atoms with E-state index in [2.05, 4.69) is 19.2 Å². The molecule has 0 heterocycles. The fourth-order valence-corrected chi connectivity index (χ4v) is 1.61. The number of ether oxygens (including phenoxy) is 1. The molecule has 1 rings (SSSR count). The Morgan fingerprint density at radius 2 is 2.12 bits per heavy atom. The smallest absolute Gasteiger partial charge is 0.123 e. The van der Waals surface area contributed by atoms with E-state index in [4.69, 9.17) is 16.3 Å². The zero-order valence-electron chi connectivity index (χ0n) is 10.1. The van der Waals surface area contributed by atoms with Crippen LogP contribution in [-0.4, -0.2) is 13.2 Å². The Bertz CT molecular complexity index is 315. The largest absolute Gasteiger partial charge is 0.493 e. The first-order valence-corrected chi connectivity index (χ1v) is 6.27. The van der Waals surface area contributed by atoms with Crippen molar-refractivity contribution in [3.8, 4) is 5.75 Å². The van der Waals surface area contributed by atoms with E-state index in [9.17, 15) is 0 Å². The topological polar surface area (TPSA) is 21.3 Å². The third kappa shape index (κ3) is 4.42. The van der Waals surface area contributed by atoms with Gasteiger partial charge in [-0.1, -0.05) is 31.9 Å². The van der Waals surface area contributed by atoms with Gasteiger partial charge in [-0.3, -0.25) is 0 Å². The second kappa shape index (κ2) is 7.53. The number of hydrogen-bond donors (Lipinski definition) is 1. The summed E-state index contributed by atoms with van der Waals surface area (Å²) in [6, 6.07) is 5.79. The minimum Gasteiger partial charge on any atom is -0.493 e. The van der Waals surface area contributed by atoms with Crippen LogP contribution in [0, 0.1) is 0 Å². The molecule has 0 amide bonds. The molecule has 0 aliphatic rings. The third-order valence-corrected chi connectivity index (χ3v) is 2.58. The molecular weight excluding hydrogens is 222 g/mol. The average Bonchev–Trinajstić information content (AvgIpc) is 2.29. The van der Waals surface area contributed by atoms with Gasteiger partial charge in [0, 0.05) is 17.1 Å². The van der Waals surface area contributed by atoms with Crippen LogP contribution in [0.5, 0.6) is 5.75 Å². The van der Waals surface area contributed by atoms with Crippen LogP contribution < -0.4 is 10.1 Å². The van der Waals surface area contributed by atoms with Crippen molar-refractivity contribution in [3.05, 3.63) is 28.8 Å². The summed E-state index contributed by atoms with van der Waals surface area (Å²) < 4.78 is 5.73. The van der Waals surface area contributed by atoms with Gasteiger partial charge in [0.1, 0.15) is 5.75 Å². The zero-order chi connectivity index (χ0) is 11.8. The predicted molar refractivity (Wildman–Crippen MR) is 69.2 cm³/mol. The number of rotatable bonds is 7. The Morgan fingerprint density at radius 1 is 1.31 bits per heavy atom. The molecule has 0 atom stereocenters. The van der Waals surface area contributed by atoms with Crippen LogP contribution >= 0.6 is 11.6 Å². The fourth-order valence-electron chi connectivity index (χ4n) is 1.41. The minimum atomic E-state index is 0.760. The molecule has 0 saturated carbocycles. The molecule has 0 fully saturated rings. The maximum absolute atomic E-state index is 5.97. The first-order chi connectivity index (χ1) is 7.77. The summed E-state index contributed by atoms with van der Waals surface area (Å²) in [6.45, 7) is 6.77. The Balaban J connectivity index is 2.64. The third-order valence-electron chi connectivity index (χ3n) is 2.34. The number of benzene rings is 1. The highest BCUT2D eigenvalue weighted by Gasteiger charge is 2.04. The Kier molecular flexibility index (Phi) is 6.27. The van der Waals surface area contributed by atoms with Gasteiger partial charge in [0.2, 0.25) is 0 Å². The number of halogens is 1. The number of hydrogen-bond acceptors (Lipinski definition) is 2. The second-order valence-electron chi connectivity index (χ2n) is 3.73. The van der Waals surface area contributed by atoms with Gasteiger partial charge in [0.05, 0.1) is 6.61 Å². The van der Waals surface area contributed by atoms with Crippen LogP contribution in [0.4, 0.5) is 0 Å². The van der Waals surface area contributed by atoms with Gasteiger partial charge in [-0.05, 0) is 31.2 Å². The molecule has 3 heteroatoms. The van der Waals surface area contributed by atoms with Crippen molar-refractivity contribution in [3.63, 3.8) is 0 Å². The highest BCUT2D eigenvalue weighted by Crippen LogP contribution is 2.23. The molecule has 90 valence electrons. The monoisotopic (exact) mass is 241 g/mol. The summed E-state index contributed by atoms with van der Waals surface area (Å²) in [4.78, 5) is 0. The number of unbranched alkanes of at least 4 members (excludes halogenated alkanes) is 1. The van der Waals surface area contributed by atoms with E-state index >= 15 is 0 Å². The van der Waals surface area contributed by atoms with E-state index in [-0.39, 0.29) is 0 Å². The summed E-state index contributed by atoms with van der Waals surface area (Å²) >= 11 is 5.97. The van der Waals surface area contributed by atoms with Gasteiger partial charge < -0.3 is 10.1 Å². The second-order valence-corrected chi connectivity index (χ2v) is 4.17. The van der Waals surface area contributed by atoms with E-state index in [1.165, 1.54) is 0 Å². The molecule has 0 saturated heterocycles. The predicted octanol–water partition coefficient (Wildman–Crippen LogP) is 3.63. The summed E-state index contributed by atoms with van der Waals surface area (Å²) in [5.74, 6) is 0.943. The van der Waals surface area contributed by atoms with Crippen molar-refractivity contribution >= 4 is 11.6 Å². The van der Waals surface area contributed by atoms with E-state index < -0.39 is 0 Å². The maximum atomic E-state index is 5.97. The summed E-state index contributed by atoms with van der Waals surface area (Å²) in [5.41, 5.74) is 1.13. The molecule has 0 spiro atoms. The van der Waals surface area contributed by atoms with E-state index in [1.54, 1.807) is 0 Å². The SMILES string of the molecule is CCCCOc1ccc(Cl)cc1CNCC. The summed E-state index contributed by atoms with van der Waals surface area (Å²) in [7, 11) is 0. The van der Waals surface area contributed by atoms with Crippen LogP contribution in [0.25, 0.3) is 0 Å². The Hall–Kier alpha value is -0.730. The first-order valence-electron chi connectivity index (χ1n) is 5.89. The van der Waals surface area contributed by atoms with Crippen LogP contribution in [0.3, 0.4) is 0 Å². The lowest BCUT2D eigenvalue weighted by Crippen LogP contribution is -2.13. The van der Waals surface area contributed by atoms with Crippen molar-refractivity contribution in [2.75, 3.05) is 13.2 Å². The van der Waals surface area contributed by atoms with Crippen molar-refractivity contribution < 1.29 is 4.74 Å². The van der Waals surface area contributed by atoms with Crippen molar-refractivity contribution in [1.29, 1.82) is 0 Å². The van der Waals surface area contributed by atoms with Gasteiger partial charge in [0.15, 0.2) is 0 Å². The molecule has 1 aromatic carbocycles. The zero-order valence-corrected chi connectivity index (χ0v) is 10.8. The average molecular weight is 242 g/mol. The van der Waals surface area contributed by atoms with E-state index in [0.29, 0.717) is 0 Å². The molecule has 2 nitrogen and oxygen atoms in total. The van der Waals surface area contributed by atoms with Crippen LogP contribution in [0.2, 0.25) is 5.02 Å². The highest BCUT2D eigenvalue weighted by molar-refractivity contribution is 6.30. The quantitative estimate of drug-likeness (QED) is 0.736. The lowest BCUT2D eigenvalue weighted by Gasteiger charge is -2.12. The molecule has 0 unspecified atom stereocenters. The van der Waals surface area contributed by atoms with E-state index in [0.717, 1.165) is 48.9 Å². The maximum Gasteiger partial charge on any atom is 0.123 e. The van der Waals surface area contributed by atoms with E-state index in [1.807, 2.05) is 18.2 Å². The molecule has 0 bridgehead atoms. The van der Waals surface area contributed by atoms with Crippen molar-refractivity contribution in [2.24, 2.45) is 0 Å². The van der Waals surface area contributed by atoms with Crippen molar-refractivity contribution in [1.82, 2.24) is 5.32 Å². The van der Waals surface area contributed by atoms with Crippen LogP contribution in [0.15, 0.2) is 18.2 Å². The standard InChI is InChI=1S/C13H20ClNO/c1-3-5-8-16-13-7-6-12(14)9-11(13)10-15-4-2/h6-7,9,15H,3-5,8,10H2,1-2H3. The molecule has 16 heavy (non-hydrogen) atoms. The van der Waals surface area contributed by atoms with Gasteiger partial charge in [-0.15, -0.1) is 0 Å². The lowest BCUT2D eigenvalue weighted by molar-refractivity contribution is 0.305. The molecule has 0 radical (unpaired) electrons. The van der Waals surface area contributed by atoms with Gasteiger partial charge >= 0.3 is 0 Å². The van der Waals surface area contributed by atoms with Crippen molar-refractivity contribution in [2.45, 2.75) is 33.2 Å². The molecule has 0 aromatic heterocycles. The van der Waals surface area contributed by atoms with Gasteiger partial charge in [-0.25, -0.2) is 0 Å². The molecule has 0 aliphatic heterocycles. The number of nitrogens with one attached hydrogen (secondary N) is 1. The Labute approximate surface area is 103 Å². The fraction of sp³-hybridized carbons (Fsp3) is 0.538. The summed E-state index contributed by atoms with van der Waals surface area (Å²) in [6.07, 6.45) is 2.24. The first kappa shape index (κ1) is 13.3. The molecule has 0 aliphatic carbocycles. The summed E-state index contributed by atoms with van der Waals surface area (Å²) in [5, 5.41) is 4.04. The molecular formula is C13H20ClNO.